The molecule has 2 aromatic rings. The van der Waals surface area contributed by atoms with Crippen LogP contribution in [0.1, 0.15) is 63.0 Å². The Morgan fingerprint density at radius 1 is 1.00 bits per heavy atom. The van der Waals surface area contributed by atoms with Crippen LogP contribution in [0.15, 0.2) is 78.5 Å². The third-order valence-corrected chi connectivity index (χ3v) is 8.65. The molecule has 1 unspecified atom stereocenters. The average molecular weight is 528 g/mol. The molecule has 0 aromatic heterocycles. The molecule has 1 N–H and O–H groups in total. The van der Waals surface area contributed by atoms with Gasteiger partial charge in [0.15, 0.2) is 0 Å². The summed E-state index contributed by atoms with van der Waals surface area (Å²) < 4.78 is 0. The highest BCUT2D eigenvalue weighted by atomic mass is 16.3. The number of β-amino-alcohol motifs (C(OH)–C–C–N with tert-alkyl or cyclic N) is 1. The molecule has 0 saturated carbocycles. The fourth-order valence-electron chi connectivity index (χ4n) is 6.18. The number of hydrogen-bond donors (Lipinski definition) is 1. The van der Waals surface area contributed by atoms with E-state index in [4.69, 9.17) is 0 Å². The molecule has 0 aliphatic carbocycles. The number of carbonyl (C=O) groups is 2. The second-order valence-corrected chi connectivity index (χ2v) is 11.6. The van der Waals surface area contributed by atoms with E-state index in [1.54, 1.807) is 0 Å². The highest BCUT2D eigenvalue weighted by Gasteiger charge is 2.37. The van der Waals surface area contributed by atoms with E-state index in [0.717, 1.165) is 30.5 Å². The Balaban J connectivity index is 1.24. The fourth-order valence-corrected chi connectivity index (χ4v) is 6.18. The lowest BCUT2D eigenvalue weighted by Crippen LogP contribution is -2.52. The lowest BCUT2D eigenvalue weighted by Gasteiger charge is -2.41. The molecule has 2 amide bonds. The molecule has 0 bridgehead atoms. The largest absolute Gasteiger partial charge is 0.388 e. The number of likely N-dealkylation sites (tertiary alicyclic amines) is 2. The van der Waals surface area contributed by atoms with Crippen LogP contribution in [-0.2, 0) is 9.59 Å². The minimum atomic E-state index is -0.897. The number of hydrogen-bond acceptors (Lipinski definition) is 4. The zero-order valence-corrected chi connectivity index (χ0v) is 23.3. The summed E-state index contributed by atoms with van der Waals surface area (Å²) in [6, 6.07) is 20.5. The second kappa shape index (κ2) is 11.8. The van der Waals surface area contributed by atoms with Crippen molar-refractivity contribution in [3.8, 4) is 0 Å². The molecule has 2 saturated heterocycles. The molecule has 5 rings (SSSR count). The summed E-state index contributed by atoms with van der Waals surface area (Å²) in [5, 5.41) is 11.5. The van der Waals surface area contributed by atoms with Gasteiger partial charge < -0.3 is 19.8 Å². The van der Waals surface area contributed by atoms with Gasteiger partial charge in [0.05, 0.1) is 11.2 Å². The minimum Gasteiger partial charge on any atom is -0.388 e. The van der Waals surface area contributed by atoms with Gasteiger partial charge in [0.1, 0.15) is 0 Å². The zero-order chi connectivity index (χ0) is 27.4. The Hall–Kier alpha value is -3.38. The summed E-state index contributed by atoms with van der Waals surface area (Å²) in [5.74, 6) is 0.381. The molecule has 6 nitrogen and oxygen atoms in total. The molecule has 6 heteroatoms. The van der Waals surface area contributed by atoms with Crippen LogP contribution in [0.5, 0.6) is 0 Å². The zero-order valence-electron chi connectivity index (χ0n) is 23.3. The van der Waals surface area contributed by atoms with Crippen LogP contribution in [0, 0.1) is 0 Å². The number of carbonyl (C=O) groups excluding carboxylic acids is 2. The normalized spacial score (nSPS) is 21.8. The van der Waals surface area contributed by atoms with Gasteiger partial charge in [-0.2, -0.15) is 0 Å². The van der Waals surface area contributed by atoms with E-state index in [1.807, 2.05) is 52.4 Å². The summed E-state index contributed by atoms with van der Waals surface area (Å²) in [6.45, 7) is 7.19. The molecular formula is C33H41N3O3. The van der Waals surface area contributed by atoms with Crippen molar-refractivity contribution in [2.24, 2.45) is 0 Å². The van der Waals surface area contributed by atoms with Gasteiger partial charge in [0.25, 0.3) is 5.91 Å². The number of aliphatic hydroxyl groups is 1. The van der Waals surface area contributed by atoms with Gasteiger partial charge in [-0.05, 0) is 55.2 Å². The topological polar surface area (TPSA) is 64.1 Å². The van der Waals surface area contributed by atoms with Gasteiger partial charge >= 0.3 is 0 Å². The van der Waals surface area contributed by atoms with Crippen molar-refractivity contribution in [1.29, 1.82) is 0 Å². The molecule has 3 aliphatic rings. The first-order valence-electron chi connectivity index (χ1n) is 14.4. The van der Waals surface area contributed by atoms with Crippen LogP contribution >= 0.6 is 0 Å². The third-order valence-electron chi connectivity index (χ3n) is 8.65. The Labute approximate surface area is 232 Å². The molecule has 3 heterocycles. The highest BCUT2D eigenvalue weighted by Crippen LogP contribution is 2.33. The van der Waals surface area contributed by atoms with Crippen LogP contribution in [0.2, 0.25) is 0 Å². The first-order valence-corrected chi connectivity index (χ1v) is 14.4. The number of nitrogens with zero attached hydrogens (tertiary/aromatic N) is 3. The van der Waals surface area contributed by atoms with E-state index in [-0.39, 0.29) is 23.8 Å². The van der Waals surface area contributed by atoms with E-state index in [1.165, 1.54) is 5.56 Å². The summed E-state index contributed by atoms with van der Waals surface area (Å²) in [4.78, 5) is 32.7. The molecule has 3 aliphatic heterocycles. The maximum atomic E-state index is 13.7. The summed E-state index contributed by atoms with van der Waals surface area (Å²) >= 11 is 0. The number of rotatable bonds is 7. The van der Waals surface area contributed by atoms with Crippen molar-refractivity contribution >= 4 is 17.4 Å². The molecule has 2 aromatic carbocycles. The minimum absolute atomic E-state index is 0.0692. The highest BCUT2D eigenvalue weighted by molar-refractivity contribution is 6.09. The SMILES string of the molecule is CC(CC(=O)N1CCC(O)(CN2C=C(C(=O)N3CCC[C@@H]3C)C(c3ccccc3)=CC2)CC1)c1ccccc1. The van der Waals surface area contributed by atoms with Crippen LogP contribution in [0.25, 0.3) is 5.57 Å². The summed E-state index contributed by atoms with van der Waals surface area (Å²) in [7, 11) is 0. The second-order valence-electron chi connectivity index (χ2n) is 11.6. The quantitative estimate of drug-likeness (QED) is 0.560. The molecule has 206 valence electrons. The number of benzene rings is 2. The predicted octanol–water partition coefficient (Wildman–Crippen LogP) is 4.83. The van der Waals surface area contributed by atoms with Gasteiger partial charge in [-0.3, -0.25) is 9.59 Å². The van der Waals surface area contributed by atoms with Crippen molar-refractivity contribution < 1.29 is 14.7 Å². The Kier molecular flexibility index (Phi) is 8.22. The van der Waals surface area contributed by atoms with E-state index >= 15 is 0 Å². The Bertz CT molecular complexity index is 1220. The number of amides is 2. The first kappa shape index (κ1) is 27.2. The number of piperidine rings is 1. The molecule has 39 heavy (non-hydrogen) atoms. The standard InChI is InChI=1S/C33H41N3O3/c1-25(27-11-5-3-6-12-27)22-31(37)35-20-16-33(39,17-21-35)24-34-19-15-29(28-13-7-4-8-14-28)30(23-34)32(38)36-18-9-10-26(36)2/h3-8,11-15,23,25-26,39H,9-10,16-22,24H2,1-2H3/t25?,26-/m0/s1. The monoisotopic (exact) mass is 527 g/mol. The first-order chi connectivity index (χ1) is 18.8. The molecule has 0 spiro atoms. The molecular weight excluding hydrogens is 486 g/mol. The Morgan fingerprint density at radius 3 is 2.31 bits per heavy atom. The van der Waals surface area contributed by atoms with Gasteiger partial charge in [-0.25, -0.2) is 0 Å². The van der Waals surface area contributed by atoms with E-state index in [9.17, 15) is 14.7 Å². The van der Waals surface area contributed by atoms with Crippen LogP contribution in [-0.4, -0.2) is 76.0 Å². The molecule has 0 radical (unpaired) electrons. The maximum Gasteiger partial charge on any atom is 0.256 e. The van der Waals surface area contributed by atoms with Crippen molar-refractivity contribution in [2.75, 3.05) is 32.7 Å². The smallest absolute Gasteiger partial charge is 0.256 e. The van der Waals surface area contributed by atoms with Crippen LogP contribution < -0.4 is 0 Å². The fraction of sp³-hybridized carbons (Fsp3) is 0.455. The van der Waals surface area contributed by atoms with Crippen molar-refractivity contribution in [1.82, 2.24) is 14.7 Å². The molecule has 2 atom stereocenters. The lowest BCUT2D eigenvalue weighted by atomic mass is 9.89. The summed E-state index contributed by atoms with van der Waals surface area (Å²) in [5.41, 5.74) is 2.99. The third kappa shape index (κ3) is 6.27. The predicted molar refractivity (Wildman–Crippen MR) is 155 cm³/mol. The van der Waals surface area contributed by atoms with Gasteiger partial charge in [-0.15, -0.1) is 0 Å². The van der Waals surface area contributed by atoms with Crippen LogP contribution in [0.4, 0.5) is 0 Å². The maximum absolute atomic E-state index is 13.7. The van der Waals surface area contributed by atoms with Crippen LogP contribution in [0.3, 0.4) is 0 Å². The Morgan fingerprint density at radius 2 is 1.67 bits per heavy atom. The van der Waals surface area contributed by atoms with Crippen molar-refractivity contribution in [2.45, 2.75) is 63.5 Å². The average Bonchev–Trinajstić information content (AvgIpc) is 3.39. The van der Waals surface area contributed by atoms with Crippen molar-refractivity contribution in [3.63, 3.8) is 0 Å². The lowest BCUT2D eigenvalue weighted by molar-refractivity contribution is -0.136. The van der Waals surface area contributed by atoms with E-state index in [2.05, 4.69) is 49.1 Å². The van der Waals surface area contributed by atoms with E-state index in [0.29, 0.717) is 51.0 Å². The van der Waals surface area contributed by atoms with Gasteiger partial charge in [0, 0.05) is 51.4 Å². The molecule has 2 fully saturated rings. The van der Waals surface area contributed by atoms with Gasteiger partial charge in [0.2, 0.25) is 5.91 Å². The van der Waals surface area contributed by atoms with Gasteiger partial charge in [-0.1, -0.05) is 73.7 Å². The summed E-state index contributed by atoms with van der Waals surface area (Å²) in [6.07, 6.45) is 7.70. The van der Waals surface area contributed by atoms with E-state index < -0.39 is 5.60 Å². The van der Waals surface area contributed by atoms with Crippen molar-refractivity contribution in [3.05, 3.63) is 89.6 Å².